The average molecular weight is 334 g/mol. The summed E-state index contributed by atoms with van der Waals surface area (Å²) >= 11 is 6.44. The van der Waals surface area contributed by atoms with Crippen molar-refractivity contribution in [3.8, 4) is 11.1 Å². The van der Waals surface area contributed by atoms with E-state index in [1.807, 2.05) is 24.3 Å². The van der Waals surface area contributed by atoms with Crippen LogP contribution < -0.4 is 0 Å². The second-order valence-electron chi connectivity index (χ2n) is 5.76. The molecular weight excluding hydrogens is 318 g/mol. The Kier molecular flexibility index (Phi) is 3.79. The lowest BCUT2D eigenvalue weighted by molar-refractivity contribution is 0.794. The predicted octanol–water partition coefficient (Wildman–Crippen LogP) is 5.11. The molecule has 2 aromatic heterocycles. The maximum atomic E-state index is 6.44. The van der Waals surface area contributed by atoms with Gasteiger partial charge in [-0.1, -0.05) is 72.3 Å². The molecule has 0 aliphatic heterocycles. The maximum Gasteiger partial charge on any atom is 0.146 e. The molecule has 0 amide bonds. The highest BCUT2D eigenvalue weighted by Crippen LogP contribution is 2.37. The number of fused-ring (bicyclic) bond motifs is 1. The Hall–Kier alpha value is -2.65. The zero-order valence-corrected chi connectivity index (χ0v) is 14.0. The van der Waals surface area contributed by atoms with Crippen LogP contribution >= 0.6 is 11.6 Å². The third-order valence-electron chi connectivity index (χ3n) is 4.30. The number of benzene rings is 2. The number of halogens is 1. The third-order valence-corrected chi connectivity index (χ3v) is 4.59. The van der Waals surface area contributed by atoms with Gasteiger partial charge in [-0.2, -0.15) is 0 Å². The van der Waals surface area contributed by atoms with Crippen LogP contribution in [0.4, 0.5) is 0 Å². The van der Waals surface area contributed by atoms with Crippen molar-refractivity contribution >= 4 is 22.6 Å². The molecule has 4 aromatic rings. The van der Waals surface area contributed by atoms with Crippen molar-refractivity contribution in [2.75, 3.05) is 0 Å². The first-order chi connectivity index (χ1) is 11.8. The summed E-state index contributed by atoms with van der Waals surface area (Å²) in [5.74, 6) is 0. The Balaban J connectivity index is 1.98. The zero-order chi connectivity index (χ0) is 16.5. The van der Waals surface area contributed by atoms with Gasteiger partial charge in [-0.15, -0.1) is 0 Å². The Bertz CT molecular complexity index is 992. The van der Waals surface area contributed by atoms with Gasteiger partial charge in [-0.3, -0.25) is 0 Å². The van der Waals surface area contributed by atoms with E-state index in [4.69, 9.17) is 11.6 Å². The summed E-state index contributed by atoms with van der Waals surface area (Å²) in [4.78, 5) is 8.71. The summed E-state index contributed by atoms with van der Waals surface area (Å²) in [5, 5.41) is 1.41. The lowest BCUT2D eigenvalue weighted by Crippen LogP contribution is -2.02. The summed E-state index contributed by atoms with van der Waals surface area (Å²) in [7, 11) is 0. The Morgan fingerprint density at radius 1 is 0.917 bits per heavy atom. The fourth-order valence-electron chi connectivity index (χ4n) is 3.17. The normalized spacial score (nSPS) is 11.1. The lowest BCUT2D eigenvalue weighted by Gasteiger charge is -2.08. The van der Waals surface area contributed by atoms with Crippen LogP contribution in [0.3, 0.4) is 0 Å². The average Bonchev–Trinajstić information content (AvgIpc) is 2.90. The topological polar surface area (TPSA) is 30.7 Å². The maximum absolute atomic E-state index is 6.44. The van der Waals surface area contributed by atoms with E-state index in [1.54, 1.807) is 0 Å². The van der Waals surface area contributed by atoms with Crippen molar-refractivity contribution in [2.45, 2.75) is 13.5 Å². The largest absolute Gasteiger partial charge is 0.325 e. The number of aromatic nitrogens is 3. The lowest BCUT2D eigenvalue weighted by atomic mass is 10.0. The predicted molar refractivity (Wildman–Crippen MR) is 98.3 cm³/mol. The van der Waals surface area contributed by atoms with Crippen LogP contribution in [0.25, 0.3) is 22.2 Å². The summed E-state index contributed by atoms with van der Waals surface area (Å²) in [6.07, 6.45) is 1.53. The van der Waals surface area contributed by atoms with E-state index in [0.29, 0.717) is 5.15 Å². The van der Waals surface area contributed by atoms with Crippen molar-refractivity contribution in [1.82, 2.24) is 14.5 Å². The first-order valence-corrected chi connectivity index (χ1v) is 8.22. The van der Waals surface area contributed by atoms with E-state index in [2.05, 4.69) is 57.9 Å². The van der Waals surface area contributed by atoms with Crippen LogP contribution in [0.5, 0.6) is 0 Å². The molecule has 2 heterocycles. The van der Waals surface area contributed by atoms with Gasteiger partial charge >= 0.3 is 0 Å². The molecule has 118 valence electrons. The highest BCUT2D eigenvalue weighted by molar-refractivity contribution is 6.35. The molecule has 0 atom stereocenters. The fourth-order valence-corrected chi connectivity index (χ4v) is 3.39. The Morgan fingerprint density at radius 2 is 1.58 bits per heavy atom. The van der Waals surface area contributed by atoms with Gasteiger partial charge in [0, 0.05) is 17.8 Å². The molecule has 0 saturated heterocycles. The molecule has 0 radical (unpaired) electrons. The second kappa shape index (κ2) is 6.10. The van der Waals surface area contributed by atoms with Crippen LogP contribution in [0.1, 0.15) is 11.3 Å². The minimum atomic E-state index is 0.494. The molecule has 24 heavy (non-hydrogen) atoms. The molecule has 0 spiro atoms. The molecule has 0 unspecified atom stereocenters. The van der Waals surface area contributed by atoms with Crippen LogP contribution in [-0.2, 0) is 6.54 Å². The summed E-state index contributed by atoms with van der Waals surface area (Å²) < 4.78 is 2.21. The highest BCUT2D eigenvalue weighted by Gasteiger charge is 2.19. The van der Waals surface area contributed by atoms with Crippen molar-refractivity contribution in [3.63, 3.8) is 0 Å². The van der Waals surface area contributed by atoms with E-state index in [0.717, 1.165) is 34.4 Å². The molecule has 0 aliphatic rings. The molecule has 0 bridgehead atoms. The quantitative estimate of drug-likeness (QED) is 0.488. The van der Waals surface area contributed by atoms with Gasteiger partial charge in [0.25, 0.3) is 0 Å². The van der Waals surface area contributed by atoms with Crippen molar-refractivity contribution in [1.29, 1.82) is 0 Å². The van der Waals surface area contributed by atoms with E-state index in [9.17, 15) is 0 Å². The number of rotatable bonds is 3. The summed E-state index contributed by atoms with van der Waals surface area (Å²) in [6.45, 7) is 2.87. The van der Waals surface area contributed by atoms with Crippen molar-refractivity contribution in [2.24, 2.45) is 0 Å². The van der Waals surface area contributed by atoms with Crippen LogP contribution in [0.2, 0.25) is 5.15 Å². The molecule has 2 aromatic carbocycles. The zero-order valence-electron chi connectivity index (χ0n) is 13.3. The molecule has 4 heteroatoms. The first-order valence-electron chi connectivity index (χ1n) is 7.84. The van der Waals surface area contributed by atoms with Crippen molar-refractivity contribution in [3.05, 3.63) is 83.4 Å². The number of hydrogen-bond acceptors (Lipinski definition) is 2. The minimum absolute atomic E-state index is 0.494. The number of nitrogens with zero attached hydrogens (tertiary/aromatic N) is 3. The van der Waals surface area contributed by atoms with Crippen LogP contribution in [-0.4, -0.2) is 14.5 Å². The highest BCUT2D eigenvalue weighted by atomic mass is 35.5. The van der Waals surface area contributed by atoms with Gasteiger partial charge in [0.2, 0.25) is 0 Å². The monoisotopic (exact) mass is 333 g/mol. The van der Waals surface area contributed by atoms with Gasteiger partial charge in [0.1, 0.15) is 17.1 Å². The standard InChI is InChI=1S/C20H16ClN3/c1-14-17(16-10-6-3-7-11-16)18-19(21)22-13-23-20(18)24(14)12-15-8-4-2-5-9-15/h2-11,13H,12H2,1H3. The second-order valence-corrected chi connectivity index (χ2v) is 6.12. The molecule has 0 aliphatic carbocycles. The minimum Gasteiger partial charge on any atom is -0.325 e. The molecule has 0 fully saturated rings. The van der Waals surface area contributed by atoms with Crippen LogP contribution in [0.15, 0.2) is 67.0 Å². The summed E-state index contributed by atoms with van der Waals surface area (Å²) in [6, 6.07) is 20.6. The van der Waals surface area contributed by atoms with E-state index >= 15 is 0 Å². The third kappa shape index (κ3) is 2.47. The smallest absolute Gasteiger partial charge is 0.146 e. The molecule has 3 nitrogen and oxygen atoms in total. The van der Waals surface area contributed by atoms with E-state index in [1.165, 1.54) is 11.9 Å². The van der Waals surface area contributed by atoms with Gasteiger partial charge in [-0.05, 0) is 18.1 Å². The van der Waals surface area contributed by atoms with Gasteiger partial charge < -0.3 is 4.57 Å². The Labute approximate surface area is 145 Å². The van der Waals surface area contributed by atoms with Crippen molar-refractivity contribution < 1.29 is 0 Å². The van der Waals surface area contributed by atoms with Gasteiger partial charge in [0.05, 0.1) is 5.39 Å². The first kappa shape index (κ1) is 14.9. The Morgan fingerprint density at radius 3 is 2.29 bits per heavy atom. The molecule has 0 N–H and O–H groups in total. The van der Waals surface area contributed by atoms with Gasteiger partial charge in [-0.25, -0.2) is 9.97 Å². The molecule has 0 saturated carbocycles. The molecular formula is C20H16ClN3. The van der Waals surface area contributed by atoms with Crippen LogP contribution in [0, 0.1) is 6.92 Å². The molecule has 4 rings (SSSR count). The fraction of sp³-hybridized carbons (Fsp3) is 0.100. The number of hydrogen-bond donors (Lipinski definition) is 0. The SMILES string of the molecule is Cc1c(-c2ccccc2)c2c(Cl)ncnc2n1Cc1ccccc1. The van der Waals surface area contributed by atoms with E-state index in [-0.39, 0.29) is 0 Å². The van der Waals surface area contributed by atoms with E-state index < -0.39 is 0 Å². The van der Waals surface area contributed by atoms with Gasteiger partial charge in [0.15, 0.2) is 0 Å². The summed E-state index contributed by atoms with van der Waals surface area (Å²) in [5.41, 5.74) is 5.47.